The van der Waals surface area contributed by atoms with Crippen molar-refractivity contribution in [2.75, 3.05) is 12.4 Å². The van der Waals surface area contributed by atoms with E-state index in [9.17, 15) is 20.0 Å². The fourth-order valence-corrected chi connectivity index (χ4v) is 2.73. The van der Waals surface area contributed by atoms with Crippen molar-refractivity contribution in [3.05, 3.63) is 69.8 Å². The summed E-state index contributed by atoms with van der Waals surface area (Å²) in [7, 11) is 1.60. The van der Waals surface area contributed by atoms with Gasteiger partial charge < -0.3 is 10.4 Å². The lowest BCUT2D eigenvalue weighted by molar-refractivity contribution is -0.385. The number of nitrogens with zero attached hydrogens (tertiary/aromatic N) is 2. The zero-order chi connectivity index (χ0) is 16.6. The highest BCUT2D eigenvalue weighted by molar-refractivity contribution is 6.04. The maximum absolute atomic E-state index is 12.3. The Morgan fingerprint density at radius 1 is 1.26 bits per heavy atom. The number of non-ortho nitro benzene ring substituents is 1. The Hall–Kier alpha value is -2.77. The van der Waals surface area contributed by atoms with Gasteiger partial charge in [-0.15, -0.1) is 0 Å². The third-order valence-corrected chi connectivity index (χ3v) is 3.97. The molecule has 0 bridgehead atoms. The molecule has 2 aromatic rings. The lowest BCUT2D eigenvalue weighted by atomic mass is 10.0. The molecule has 2 aromatic carbocycles. The second-order valence-corrected chi connectivity index (χ2v) is 5.45. The van der Waals surface area contributed by atoms with E-state index < -0.39 is 16.6 Å². The van der Waals surface area contributed by atoms with E-state index in [2.05, 4.69) is 5.32 Å². The molecule has 0 saturated carbocycles. The summed E-state index contributed by atoms with van der Waals surface area (Å²) >= 11 is 0. The quantitative estimate of drug-likeness (QED) is 0.510. The number of carbonyl (C=O) groups is 1. The van der Waals surface area contributed by atoms with Crippen LogP contribution in [0.25, 0.3) is 0 Å². The molecule has 23 heavy (non-hydrogen) atoms. The molecule has 0 aliphatic carbocycles. The molecule has 1 atom stereocenters. The van der Waals surface area contributed by atoms with Crippen molar-refractivity contribution in [2.45, 2.75) is 12.3 Å². The van der Waals surface area contributed by atoms with Gasteiger partial charge in [0, 0.05) is 29.9 Å². The lowest BCUT2D eigenvalue weighted by Gasteiger charge is -2.31. The van der Waals surface area contributed by atoms with E-state index in [1.165, 1.54) is 23.1 Å². The van der Waals surface area contributed by atoms with Crippen molar-refractivity contribution in [1.29, 1.82) is 0 Å². The van der Waals surface area contributed by atoms with Crippen molar-refractivity contribution < 1.29 is 14.8 Å². The molecule has 7 heteroatoms. The number of carbonyl (C=O) groups excluding carboxylic acids is 1. The van der Waals surface area contributed by atoms with Crippen LogP contribution in [-0.4, -0.2) is 27.9 Å². The maximum Gasteiger partial charge on any atom is 0.276 e. The van der Waals surface area contributed by atoms with Gasteiger partial charge in [-0.2, -0.15) is 0 Å². The van der Waals surface area contributed by atoms with E-state index in [-0.39, 0.29) is 11.3 Å². The molecule has 1 amide bonds. The number of aliphatic hydroxyl groups is 1. The van der Waals surface area contributed by atoms with Crippen LogP contribution in [0.3, 0.4) is 0 Å². The number of anilines is 1. The molecule has 1 aliphatic heterocycles. The molecule has 3 rings (SSSR count). The zero-order valence-electron chi connectivity index (χ0n) is 12.4. The summed E-state index contributed by atoms with van der Waals surface area (Å²) in [5.74, 6) is -0.619. The number of nitrogens with one attached hydrogen (secondary N) is 1. The Labute approximate surface area is 132 Å². The van der Waals surface area contributed by atoms with E-state index >= 15 is 0 Å². The van der Waals surface area contributed by atoms with Gasteiger partial charge in [-0.1, -0.05) is 30.3 Å². The average molecular weight is 313 g/mol. The fraction of sp³-hybridized carbons (Fsp3) is 0.188. The lowest BCUT2D eigenvalue weighted by Crippen LogP contribution is -2.48. The highest BCUT2D eigenvalue weighted by atomic mass is 16.6. The highest BCUT2D eigenvalue weighted by Gasteiger charge is 2.49. The number of amides is 1. The summed E-state index contributed by atoms with van der Waals surface area (Å²) < 4.78 is 0. The van der Waals surface area contributed by atoms with E-state index in [1.807, 2.05) is 30.3 Å². The summed E-state index contributed by atoms with van der Waals surface area (Å²) in [4.78, 5) is 24.2. The molecule has 7 nitrogen and oxygen atoms in total. The van der Waals surface area contributed by atoms with Gasteiger partial charge in [-0.3, -0.25) is 19.8 Å². The van der Waals surface area contributed by atoms with Crippen LogP contribution in [0.2, 0.25) is 0 Å². The number of nitro groups is 1. The van der Waals surface area contributed by atoms with Gasteiger partial charge in [0.15, 0.2) is 0 Å². The van der Waals surface area contributed by atoms with Crippen LogP contribution in [0.4, 0.5) is 11.4 Å². The first-order chi connectivity index (χ1) is 10.9. The summed E-state index contributed by atoms with van der Waals surface area (Å²) in [5, 5.41) is 24.5. The highest BCUT2D eigenvalue weighted by Crippen LogP contribution is 2.40. The average Bonchev–Trinajstić information content (AvgIpc) is 2.80. The number of hydrogen-bond donors (Lipinski definition) is 2. The molecular weight excluding hydrogens is 298 g/mol. The molecule has 2 N–H and O–H groups in total. The Kier molecular flexibility index (Phi) is 3.59. The zero-order valence-corrected chi connectivity index (χ0v) is 12.4. The second kappa shape index (κ2) is 5.45. The fourth-order valence-electron chi connectivity index (χ4n) is 2.73. The SMILES string of the molecule is CN(Cc1ccccc1)[C@@]1(O)C(=O)Nc2ccc([N+](=O)[O-])cc21. The maximum atomic E-state index is 12.3. The summed E-state index contributed by atoms with van der Waals surface area (Å²) in [6.45, 7) is 0.312. The predicted octanol–water partition coefficient (Wildman–Crippen LogP) is 1.82. The topological polar surface area (TPSA) is 95.7 Å². The third kappa shape index (κ3) is 2.45. The first-order valence-corrected chi connectivity index (χ1v) is 7.01. The number of rotatable bonds is 4. The molecular formula is C16H15N3O4. The normalized spacial score (nSPS) is 19.5. The van der Waals surface area contributed by atoms with E-state index in [4.69, 9.17) is 0 Å². The molecule has 0 spiro atoms. The van der Waals surface area contributed by atoms with Crippen molar-refractivity contribution in [3.8, 4) is 0 Å². The third-order valence-electron chi connectivity index (χ3n) is 3.97. The molecule has 0 aromatic heterocycles. The number of hydrogen-bond acceptors (Lipinski definition) is 5. The van der Waals surface area contributed by atoms with Crippen LogP contribution in [0.1, 0.15) is 11.1 Å². The summed E-state index contributed by atoms with van der Waals surface area (Å²) in [6, 6.07) is 13.3. The van der Waals surface area contributed by atoms with E-state index in [1.54, 1.807) is 7.05 Å². The van der Waals surface area contributed by atoms with E-state index in [0.29, 0.717) is 12.2 Å². The van der Waals surface area contributed by atoms with Crippen LogP contribution in [0, 0.1) is 10.1 Å². The van der Waals surface area contributed by atoms with Crippen LogP contribution < -0.4 is 5.32 Å². The number of nitro benzene ring substituents is 1. The molecule has 0 saturated heterocycles. The summed E-state index contributed by atoms with van der Waals surface area (Å²) in [5.41, 5.74) is -0.642. The van der Waals surface area contributed by atoms with Crippen molar-refractivity contribution >= 4 is 17.3 Å². The Morgan fingerprint density at radius 2 is 1.96 bits per heavy atom. The van der Waals surface area contributed by atoms with Crippen LogP contribution in [-0.2, 0) is 17.1 Å². The molecule has 118 valence electrons. The van der Waals surface area contributed by atoms with Crippen molar-refractivity contribution in [3.63, 3.8) is 0 Å². The molecule has 0 fully saturated rings. The van der Waals surface area contributed by atoms with Crippen molar-refractivity contribution in [2.24, 2.45) is 0 Å². The molecule has 0 unspecified atom stereocenters. The Morgan fingerprint density at radius 3 is 2.61 bits per heavy atom. The minimum absolute atomic E-state index is 0.174. The monoisotopic (exact) mass is 313 g/mol. The Bertz CT molecular complexity index is 778. The Balaban J connectivity index is 1.99. The number of fused-ring (bicyclic) bond motifs is 1. The first-order valence-electron chi connectivity index (χ1n) is 7.01. The minimum Gasteiger partial charge on any atom is -0.364 e. The minimum atomic E-state index is -1.95. The molecule has 0 radical (unpaired) electrons. The van der Waals surface area contributed by atoms with Crippen LogP contribution >= 0.6 is 0 Å². The largest absolute Gasteiger partial charge is 0.364 e. The first kappa shape index (κ1) is 15.1. The van der Waals surface area contributed by atoms with Crippen LogP contribution in [0.5, 0.6) is 0 Å². The predicted molar refractivity (Wildman–Crippen MR) is 83.5 cm³/mol. The van der Waals surface area contributed by atoms with Gasteiger partial charge >= 0.3 is 0 Å². The van der Waals surface area contributed by atoms with Gasteiger partial charge in [0.2, 0.25) is 5.72 Å². The van der Waals surface area contributed by atoms with Crippen LogP contribution in [0.15, 0.2) is 48.5 Å². The number of likely N-dealkylation sites (N-methyl/N-ethyl adjacent to an activating group) is 1. The number of benzene rings is 2. The van der Waals surface area contributed by atoms with Gasteiger partial charge in [0.05, 0.1) is 4.92 Å². The van der Waals surface area contributed by atoms with Gasteiger partial charge in [0.25, 0.3) is 11.6 Å². The van der Waals surface area contributed by atoms with E-state index in [0.717, 1.165) is 5.56 Å². The standard InChI is InChI=1S/C16H15N3O4/c1-18(10-11-5-3-2-4-6-11)16(21)13-9-12(19(22)23)7-8-14(13)17-15(16)20/h2-9,21H,10H2,1H3,(H,17,20)/t16-/m0/s1. The second-order valence-electron chi connectivity index (χ2n) is 5.45. The van der Waals surface area contributed by atoms with Gasteiger partial charge in [-0.05, 0) is 18.7 Å². The smallest absolute Gasteiger partial charge is 0.276 e. The molecule has 1 heterocycles. The summed E-state index contributed by atoms with van der Waals surface area (Å²) in [6.07, 6.45) is 0. The molecule has 1 aliphatic rings. The van der Waals surface area contributed by atoms with Gasteiger partial charge in [-0.25, -0.2) is 0 Å². The van der Waals surface area contributed by atoms with Crippen molar-refractivity contribution in [1.82, 2.24) is 4.90 Å². The van der Waals surface area contributed by atoms with Gasteiger partial charge in [0.1, 0.15) is 0 Å².